The Bertz CT molecular complexity index is 484. The van der Waals surface area contributed by atoms with Gasteiger partial charge in [0.25, 0.3) is 5.91 Å². The quantitative estimate of drug-likeness (QED) is 0.452. The SMILES string of the molecule is C=CCSc1ccccc1C(=O)NCCCN1CCCCC1. The van der Waals surface area contributed by atoms with Crippen molar-refractivity contribution >= 4 is 17.7 Å². The summed E-state index contributed by atoms with van der Waals surface area (Å²) in [5, 5.41) is 3.05. The van der Waals surface area contributed by atoms with Crippen molar-refractivity contribution in [2.45, 2.75) is 30.6 Å². The first-order valence-corrected chi connectivity index (χ1v) is 9.13. The first-order valence-electron chi connectivity index (χ1n) is 8.14. The van der Waals surface area contributed by atoms with Gasteiger partial charge in [-0.05, 0) is 51.0 Å². The number of benzene rings is 1. The summed E-state index contributed by atoms with van der Waals surface area (Å²) in [6.45, 7) is 8.00. The van der Waals surface area contributed by atoms with Crippen molar-refractivity contribution in [2.24, 2.45) is 0 Å². The lowest BCUT2D eigenvalue weighted by molar-refractivity contribution is 0.0948. The fourth-order valence-corrected chi connectivity index (χ4v) is 3.50. The smallest absolute Gasteiger partial charge is 0.252 e. The summed E-state index contributed by atoms with van der Waals surface area (Å²) in [5.41, 5.74) is 0.771. The monoisotopic (exact) mass is 318 g/mol. The molecule has 1 fully saturated rings. The number of amides is 1. The minimum atomic E-state index is 0.0332. The lowest BCUT2D eigenvalue weighted by Gasteiger charge is -2.26. The van der Waals surface area contributed by atoms with E-state index in [0.717, 1.165) is 35.7 Å². The molecular formula is C18H26N2OS. The molecule has 1 heterocycles. The predicted octanol–water partition coefficient (Wildman–Crippen LogP) is 3.57. The van der Waals surface area contributed by atoms with Crippen LogP contribution in [-0.4, -0.2) is 42.7 Å². The van der Waals surface area contributed by atoms with Gasteiger partial charge in [0.2, 0.25) is 0 Å². The molecule has 1 amide bonds. The average molecular weight is 318 g/mol. The highest BCUT2D eigenvalue weighted by molar-refractivity contribution is 7.99. The third-order valence-electron chi connectivity index (χ3n) is 3.87. The van der Waals surface area contributed by atoms with Crippen LogP contribution < -0.4 is 5.32 Å². The van der Waals surface area contributed by atoms with Crippen LogP contribution in [-0.2, 0) is 0 Å². The molecule has 0 radical (unpaired) electrons. The molecular weight excluding hydrogens is 292 g/mol. The molecule has 1 aliphatic heterocycles. The summed E-state index contributed by atoms with van der Waals surface area (Å²) in [6.07, 6.45) is 6.89. The Kier molecular flexibility index (Phi) is 7.54. The number of rotatable bonds is 8. The van der Waals surface area contributed by atoms with E-state index in [2.05, 4.69) is 16.8 Å². The van der Waals surface area contributed by atoms with Gasteiger partial charge in [0, 0.05) is 17.2 Å². The number of nitrogens with one attached hydrogen (secondary N) is 1. The van der Waals surface area contributed by atoms with Crippen molar-refractivity contribution in [3.63, 3.8) is 0 Å². The first-order chi connectivity index (χ1) is 10.8. The van der Waals surface area contributed by atoms with Crippen LogP contribution in [0.25, 0.3) is 0 Å². The van der Waals surface area contributed by atoms with Gasteiger partial charge in [-0.2, -0.15) is 0 Å². The number of thioether (sulfide) groups is 1. The normalized spacial score (nSPS) is 15.5. The molecule has 0 atom stereocenters. The maximum Gasteiger partial charge on any atom is 0.252 e. The number of carbonyl (C=O) groups excluding carboxylic acids is 1. The van der Waals surface area contributed by atoms with E-state index in [1.165, 1.54) is 32.4 Å². The van der Waals surface area contributed by atoms with Gasteiger partial charge in [-0.25, -0.2) is 0 Å². The van der Waals surface area contributed by atoms with E-state index >= 15 is 0 Å². The number of hydrogen-bond acceptors (Lipinski definition) is 3. The lowest BCUT2D eigenvalue weighted by atomic mass is 10.1. The molecule has 0 unspecified atom stereocenters. The van der Waals surface area contributed by atoms with Crippen molar-refractivity contribution < 1.29 is 4.79 Å². The summed E-state index contributed by atoms with van der Waals surface area (Å²) >= 11 is 1.65. The fourth-order valence-electron chi connectivity index (χ4n) is 2.71. The van der Waals surface area contributed by atoms with Crippen molar-refractivity contribution in [3.8, 4) is 0 Å². The van der Waals surface area contributed by atoms with Crippen molar-refractivity contribution in [1.82, 2.24) is 10.2 Å². The highest BCUT2D eigenvalue weighted by Gasteiger charge is 2.12. The molecule has 1 saturated heterocycles. The molecule has 1 aliphatic rings. The third kappa shape index (κ3) is 5.50. The highest BCUT2D eigenvalue weighted by atomic mass is 32.2. The number of piperidine rings is 1. The average Bonchev–Trinajstić information content (AvgIpc) is 2.58. The van der Waals surface area contributed by atoms with E-state index < -0.39 is 0 Å². The molecule has 120 valence electrons. The van der Waals surface area contributed by atoms with Crippen molar-refractivity contribution in [2.75, 3.05) is 31.9 Å². The topological polar surface area (TPSA) is 32.3 Å². The van der Waals surface area contributed by atoms with E-state index in [-0.39, 0.29) is 5.91 Å². The first kappa shape index (κ1) is 17.1. The second kappa shape index (κ2) is 9.70. The molecule has 1 aromatic carbocycles. The Morgan fingerprint density at radius 3 is 2.82 bits per heavy atom. The van der Waals surface area contributed by atoms with Gasteiger partial charge in [0.15, 0.2) is 0 Å². The van der Waals surface area contributed by atoms with Gasteiger partial charge in [-0.3, -0.25) is 4.79 Å². The Balaban J connectivity index is 1.75. The second-order valence-electron chi connectivity index (χ2n) is 5.61. The van der Waals surface area contributed by atoms with Gasteiger partial charge in [0.05, 0.1) is 5.56 Å². The molecule has 1 aromatic rings. The van der Waals surface area contributed by atoms with Crippen LogP contribution in [0.2, 0.25) is 0 Å². The number of nitrogens with zero attached hydrogens (tertiary/aromatic N) is 1. The van der Waals surface area contributed by atoms with E-state index in [9.17, 15) is 4.79 Å². The third-order valence-corrected chi connectivity index (χ3v) is 4.94. The summed E-state index contributed by atoms with van der Waals surface area (Å²) in [6, 6.07) is 7.78. The molecule has 0 aromatic heterocycles. The number of carbonyl (C=O) groups is 1. The number of likely N-dealkylation sites (tertiary alicyclic amines) is 1. The number of hydrogen-bond donors (Lipinski definition) is 1. The molecule has 4 heteroatoms. The molecule has 0 spiro atoms. The molecule has 0 bridgehead atoms. The Morgan fingerprint density at radius 1 is 1.27 bits per heavy atom. The van der Waals surface area contributed by atoms with Crippen LogP contribution in [0.1, 0.15) is 36.0 Å². The molecule has 0 saturated carbocycles. The van der Waals surface area contributed by atoms with Crippen LogP contribution in [0.4, 0.5) is 0 Å². The van der Waals surface area contributed by atoms with Crippen LogP contribution in [0.15, 0.2) is 41.8 Å². The molecule has 1 N–H and O–H groups in total. The zero-order chi connectivity index (χ0) is 15.6. The van der Waals surface area contributed by atoms with Crippen LogP contribution in [0.5, 0.6) is 0 Å². The Labute approximate surface area is 138 Å². The zero-order valence-corrected chi connectivity index (χ0v) is 14.0. The highest BCUT2D eigenvalue weighted by Crippen LogP contribution is 2.22. The Morgan fingerprint density at radius 2 is 2.05 bits per heavy atom. The van der Waals surface area contributed by atoms with Gasteiger partial charge < -0.3 is 10.2 Å². The summed E-state index contributed by atoms with van der Waals surface area (Å²) in [7, 11) is 0. The lowest BCUT2D eigenvalue weighted by Crippen LogP contribution is -2.33. The maximum absolute atomic E-state index is 12.3. The maximum atomic E-state index is 12.3. The zero-order valence-electron chi connectivity index (χ0n) is 13.2. The molecule has 0 aliphatic carbocycles. The van der Waals surface area contributed by atoms with E-state index in [0.29, 0.717) is 0 Å². The molecule has 2 rings (SSSR count). The minimum absolute atomic E-state index is 0.0332. The summed E-state index contributed by atoms with van der Waals surface area (Å²) in [5.74, 6) is 0.852. The van der Waals surface area contributed by atoms with E-state index in [4.69, 9.17) is 0 Å². The van der Waals surface area contributed by atoms with Gasteiger partial charge >= 0.3 is 0 Å². The fraction of sp³-hybridized carbons (Fsp3) is 0.500. The standard InChI is InChI=1S/C18H26N2OS/c1-2-15-22-17-10-5-4-9-16(17)18(21)19-11-8-14-20-12-6-3-7-13-20/h2,4-5,9-10H,1,3,6-8,11-15H2,(H,19,21). The molecule has 22 heavy (non-hydrogen) atoms. The predicted molar refractivity (Wildman–Crippen MR) is 94.6 cm³/mol. The van der Waals surface area contributed by atoms with Crippen molar-refractivity contribution in [1.29, 1.82) is 0 Å². The van der Waals surface area contributed by atoms with Gasteiger partial charge in [0.1, 0.15) is 0 Å². The van der Waals surface area contributed by atoms with Crippen molar-refractivity contribution in [3.05, 3.63) is 42.5 Å². The second-order valence-corrected chi connectivity index (χ2v) is 6.67. The summed E-state index contributed by atoms with van der Waals surface area (Å²) in [4.78, 5) is 15.8. The van der Waals surface area contributed by atoms with Gasteiger partial charge in [-0.1, -0.05) is 24.6 Å². The van der Waals surface area contributed by atoms with E-state index in [1.54, 1.807) is 11.8 Å². The molecule has 3 nitrogen and oxygen atoms in total. The van der Waals surface area contributed by atoms with Crippen LogP contribution in [0, 0.1) is 0 Å². The van der Waals surface area contributed by atoms with Gasteiger partial charge in [-0.15, -0.1) is 18.3 Å². The minimum Gasteiger partial charge on any atom is -0.352 e. The Hall–Kier alpha value is -1.26. The summed E-state index contributed by atoms with van der Waals surface area (Å²) < 4.78 is 0. The largest absolute Gasteiger partial charge is 0.352 e. The van der Waals surface area contributed by atoms with Crippen LogP contribution >= 0.6 is 11.8 Å². The van der Waals surface area contributed by atoms with E-state index in [1.807, 2.05) is 30.3 Å². The van der Waals surface area contributed by atoms with Crippen LogP contribution in [0.3, 0.4) is 0 Å².